The van der Waals surface area contributed by atoms with Crippen molar-refractivity contribution in [3.8, 4) is 0 Å². The van der Waals surface area contributed by atoms with Crippen molar-refractivity contribution >= 4 is 11.6 Å². The predicted octanol–water partition coefficient (Wildman–Crippen LogP) is 2.14. The van der Waals surface area contributed by atoms with Crippen molar-refractivity contribution in [2.45, 2.75) is 13.0 Å². The first-order chi connectivity index (χ1) is 6.33. The maximum atomic E-state index is 5.61. The fraction of sp³-hybridized carbons (Fsp3) is 0.500. The van der Waals surface area contributed by atoms with Gasteiger partial charge in [0.15, 0.2) is 0 Å². The van der Waals surface area contributed by atoms with Crippen LogP contribution in [0, 0.1) is 0 Å². The quantitative estimate of drug-likeness (QED) is 0.674. The Kier molecular flexibility index (Phi) is 4.79. The van der Waals surface area contributed by atoms with Crippen LogP contribution in [0.2, 0.25) is 0 Å². The van der Waals surface area contributed by atoms with E-state index < -0.39 is 0 Å². The summed E-state index contributed by atoms with van der Waals surface area (Å²) in [7, 11) is 2.08. The van der Waals surface area contributed by atoms with E-state index in [1.165, 1.54) is 0 Å². The van der Waals surface area contributed by atoms with E-state index in [9.17, 15) is 0 Å². The minimum Gasteiger partial charge on any atom is -0.301 e. The Labute approximate surface area is 84.5 Å². The molecular weight excluding hydrogens is 184 g/mol. The van der Waals surface area contributed by atoms with Gasteiger partial charge in [-0.15, -0.1) is 11.6 Å². The van der Waals surface area contributed by atoms with Gasteiger partial charge in [0.25, 0.3) is 0 Å². The number of pyridine rings is 1. The molecule has 1 rings (SSSR count). The van der Waals surface area contributed by atoms with E-state index in [1.807, 2.05) is 24.4 Å². The van der Waals surface area contributed by atoms with Crippen LogP contribution in [0.3, 0.4) is 0 Å². The Hall–Kier alpha value is -0.600. The molecule has 0 bridgehead atoms. The lowest BCUT2D eigenvalue weighted by atomic mass is 10.3. The number of alkyl halides is 1. The molecule has 1 aromatic rings. The highest BCUT2D eigenvalue weighted by Gasteiger charge is 1.99. The van der Waals surface area contributed by atoms with E-state index >= 15 is 0 Å². The van der Waals surface area contributed by atoms with Crippen molar-refractivity contribution in [2.75, 3.05) is 19.5 Å². The third-order valence-electron chi connectivity index (χ3n) is 1.83. The van der Waals surface area contributed by atoms with Crippen LogP contribution in [0.4, 0.5) is 0 Å². The van der Waals surface area contributed by atoms with Crippen molar-refractivity contribution < 1.29 is 0 Å². The van der Waals surface area contributed by atoms with Gasteiger partial charge in [0.2, 0.25) is 0 Å². The zero-order valence-corrected chi connectivity index (χ0v) is 8.67. The molecule has 0 spiro atoms. The van der Waals surface area contributed by atoms with Gasteiger partial charge >= 0.3 is 0 Å². The molecule has 0 aliphatic heterocycles. The van der Waals surface area contributed by atoms with E-state index in [0.717, 1.165) is 31.1 Å². The lowest BCUT2D eigenvalue weighted by Crippen LogP contribution is -2.19. The Morgan fingerprint density at radius 2 is 2.31 bits per heavy atom. The Balaban J connectivity index is 2.32. The second-order valence-electron chi connectivity index (χ2n) is 3.10. The maximum absolute atomic E-state index is 5.61. The van der Waals surface area contributed by atoms with Gasteiger partial charge in [-0.05, 0) is 32.1 Å². The highest BCUT2D eigenvalue weighted by Crippen LogP contribution is 1.99. The largest absolute Gasteiger partial charge is 0.301 e. The average Bonchev–Trinajstić information content (AvgIpc) is 2.16. The van der Waals surface area contributed by atoms with Gasteiger partial charge in [-0.2, -0.15) is 0 Å². The molecule has 72 valence electrons. The summed E-state index contributed by atoms with van der Waals surface area (Å²) in [6.07, 6.45) is 2.86. The maximum Gasteiger partial charge on any atom is 0.0543 e. The van der Waals surface area contributed by atoms with Gasteiger partial charge in [0.1, 0.15) is 0 Å². The first-order valence-electron chi connectivity index (χ1n) is 4.47. The van der Waals surface area contributed by atoms with Crippen LogP contribution in [-0.2, 0) is 6.54 Å². The molecule has 0 saturated carbocycles. The van der Waals surface area contributed by atoms with E-state index in [-0.39, 0.29) is 0 Å². The molecule has 0 radical (unpaired) electrons. The van der Waals surface area contributed by atoms with Gasteiger partial charge in [-0.25, -0.2) is 0 Å². The fourth-order valence-corrected chi connectivity index (χ4v) is 1.30. The molecule has 0 atom stereocenters. The van der Waals surface area contributed by atoms with Crippen molar-refractivity contribution in [3.05, 3.63) is 30.1 Å². The van der Waals surface area contributed by atoms with E-state index in [1.54, 1.807) is 0 Å². The normalized spacial score (nSPS) is 10.7. The van der Waals surface area contributed by atoms with Crippen LogP contribution in [-0.4, -0.2) is 29.4 Å². The van der Waals surface area contributed by atoms with Crippen LogP contribution >= 0.6 is 11.6 Å². The lowest BCUT2D eigenvalue weighted by Gasteiger charge is -2.14. The Morgan fingerprint density at radius 3 is 2.92 bits per heavy atom. The summed E-state index contributed by atoms with van der Waals surface area (Å²) in [4.78, 5) is 6.48. The summed E-state index contributed by atoms with van der Waals surface area (Å²) in [6, 6.07) is 5.98. The topological polar surface area (TPSA) is 16.1 Å². The monoisotopic (exact) mass is 198 g/mol. The summed E-state index contributed by atoms with van der Waals surface area (Å²) in [5.41, 5.74) is 1.11. The smallest absolute Gasteiger partial charge is 0.0543 e. The minimum absolute atomic E-state index is 0.729. The molecule has 0 amide bonds. The number of aromatic nitrogens is 1. The van der Waals surface area contributed by atoms with E-state index in [0.29, 0.717) is 0 Å². The highest BCUT2D eigenvalue weighted by atomic mass is 35.5. The van der Waals surface area contributed by atoms with Gasteiger partial charge < -0.3 is 4.90 Å². The van der Waals surface area contributed by atoms with E-state index in [2.05, 4.69) is 16.9 Å². The molecule has 1 aromatic heterocycles. The molecule has 0 aromatic carbocycles. The summed E-state index contributed by atoms with van der Waals surface area (Å²) in [6.45, 7) is 1.93. The van der Waals surface area contributed by atoms with Gasteiger partial charge in [0.05, 0.1) is 5.69 Å². The van der Waals surface area contributed by atoms with Crippen LogP contribution in [0.25, 0.3) is 0 Å². The van der Waals surface area contributed by atoms with Gasteiger partial charge in [-0.3, -0.25) is 4.98 Å². The zero-order chi connectivity index (χ0) is 9.52. The number of nitrogens with zero attached hydrogens (tertiary/aromatic N) is 2. The summed E-state index contributed by atoms with van der Waals surface area (Å²) < 4.78 is 0. The lowest BCUT2D eigenvalue weighted by molar-refractivity contribution is 0.324. The molecule has 2 nitrogen and oxygen atoms in total. The van der Waals surface area contributed by atoms with Gasteiger partial charge in [-0.1, -0.05) is 6.07 Å². The van der Waals surface area contributed by atoms with Crippen molar-refractivity contribution in [1.82, 2.24) is 9.88 Å². The number of halogens is 1. The molecule has 0 unspecified atom stereocenters. The van der Waals surface area contributed by atoms with Crippen LogP contribution < -0.4 is 0 Å². The zero-order valence-electron chi connectivity index (χ0n) is 7.91. The molecule has 0 fully saturated rings. The Bertz CT molecular complexity index is 226. The molecule has 0 saturated heterocycles. The highest BCUT2D eigenvalue weighted by molar-refractivity contribution is 6.17. The SMILES string of the molecule is CN(CCCCl)Cc1ccccn1. The fourth-order valence-electron chi connectivity index (χ4n) is 1.18. The number of rotatable bonds is 5. The van der Waals surface area contributed by atoms with E-state index in [4.69, 9.17) is 11.6 Å². The molecule has 0 aliphatic rings. The minimum atomic E-state index is 0.729. The average molecular weight is 199 g/mol. The van der Waals surface area contributed by atoms with Crippen molar-refractivity contribution in [1.29, 1.82) is 0 Å². The molecule has 0 aliphatic carbocycles. The molecule has 13 heavy (non-hydrogen) atoms. The van der Waals surface area contributed by atoms with Crippen LogP contribution in [0.1, 0.15) is 12.1 Å². The summed E-state index contributed by atoms with van der Waals surface area (Å²) >= 11 is 5.61. The first kappa shape index (κ1) is 10.5. The summed E-state index contributed by atoms with van der Waals surface area (Å²) in [5, 5.41) is 0. The molecule has 1 heterocycles. The Morgan fingerprint density at radius 1 is 1.46 bits per heavy atom. The number of hydrogen-bond donors (Lipinski definition) is 0. The first-order valence-corrected chi connectivity index (χ1v) is 5.01. The third-order valence-corrected chi connectivity index (χ3v) is 2.10. The molecule has 0 N–H and O–H groups in total. The van der Waals surface area contributed by atoms with Crippen LogP contribution in [0.5, 0.6) is 0 Å². The van der Waals surface area contributed by atoms with Gasteiger partial charge in [0, 0.05) is 18.6 Å². The number of hydrogen-bond acceptors (Lipinski definition) is 2. The summed E-state index contributed by atoms with van der Waals surface area (Å²) in [5.74, 6) is 0.729. The second kappa shape index (κ2) is 5.95. The molecular formula is C10H15ClN2. The predicted molar refractivity (Wildman–Crippen MR) is 55.9 cm³/mol. The van der Waals surface area contributed by atoms with Crippen molar-refractivity contribution in [2.24, 2.45) is 0 Å². The van der Waals surface area contributed by atoms with Crippen LogP contribution in [0.15, 0.2) is 24.4 Å². The second-order valence-corrected chi connectivity index (χ2v) is 3.48. The van der Waals surface area contributed by atoms with Crippen molar-refractivity contribution in [3.63, 3.8) is 0 Å². The third kappa shape index (κ3) is 4.25. The standard InChI is InChI=1S/C10H15ClN2/c1-13(8-4-6-11)9-10-5-2-3-7-12-10/h2-3,5,7H,4,6,8-9H2,1H3. The molecule has 3 heteroatoms.